The van der Waals surface area contributed by atoms with Crippen molar-refractivity contribution in [2.75, 3.05) is 13.8 Å². The molecule has 1 aromatic carbocycles. The minimum absolute atomic E-state index is 0.0121. The maximum absolute atomic E-state index is 13.2. The second-order valence-electron chi connectivity index (χ2n) is 7.06. The number of hydrogen-bond acceptors (Lipinski definition) is 6. The molecule has 2 N–H and O–H groups in total. The lowest BCUT2D eigenvalue weighted by molar-refractivity contribution is -0.149. The standard InChI is InChI=1S/C18H25N3O6S/c1-27-14-7-9-15(10-8-14)28(25,26)21-12-20(13-5-3-2-4-6-13)17(22)11-16(21)18(23)19-24/h7-10,13,16,24H,2-6,11-12H2,1H3,(H,19,23)/t16-/m1/s1. The number of hydrogen-bond donors (Lipinski definition) is 2. The van der Waals surface area contributed by atoms with Crippen molar-refractivity contribution < 1.29 is 28.0 Å². The second kappa shape index (κ2) is 8.46. The number of amides is 2. The van der Waals surface area contributed by atoms with Gasteiger partial charge in [-0.15, -0.1) is 0 Å². The lowest BCUT2D eigenvalue weighted by Crippen LogP contribution is -2.61. The summed E-state index contributed by atoms with van der Waals surface area (Å²) < 4.78 is 32.5. The van der Waals surface area contributed by atoms with E-state index < -0.39 is 22.0 Å². The van der Waals surface area contributed by atoms with Gasteiger partial charge in [-0.25, -0.2) is 13.9 Å². The van der Waals surface area contributed by atoms with Crippen LogP contribution in [0.3, 0.4) is 0 Å². The van der Waals surface area contributed by atoms with Crippen LogP contribution in [0.1, 0.15) is 38.5 Å². The van der Waals surface area contributed by atoms with Crippen molar-refractivity contribution in [2.24, 2.45) is 0 Å². The van der Waals surface area contributed by atoms with Crippen LogP contribution in [-0.2, 0) is 19.6 Å². The van der Waals surface area contributed by atoms with Crippen molar-refractivity contribution in [3.8, 4) is 5.75 Å². The summed E-state index contributed by atoms with van der Waals surface area (Å²) in [5.41, 5.74) is 1.49. The van der Waals surface area contributed by atoms with Gasteiger partial charge in [-0.3, -0.25) is 14.8 Å². The van der Waals surface area contributed by atoms with E-state index in [1.807, 2.05) is 0 Å². The molecular formula is C18H25N3O6S. The average Bonchev–Trinajstić information content (AvgIpc) is 2.73. The van der Waals surface area contributed by atoms with Gasteiger partial charge >= 0.3 is 0 Å². The highest BCUT2D eigenvalue weighted by molar-refractivity contribution is 7.89. The fourth-order valence-corrected chi connectivity index (χ4v) is 5.38. The zero-order valence-electron chi connectivity index (χ0n) is 15.7. The fourth-order valence-electron chi connectivity index (χ4n) is 3.85. The first-order chi connectivity index (χ1) is 13.4. The molecule has 1 atom stereocenters. The third kappa shape index (κ3) is 3.98. The number of ether oxygens (including phenoxy) is 1. The van der Waals surface area contributed by atoms with Gasteiger partial charge in [0.25, 0.3) is 5.91 Å². The number of carbonyl (C=O) groups is 2. The summed E-state index contributed by atoms with van der Waals surface area (Å²) in [7, 11) is -2.60. The third-order valence-electron chi connectivity index (χ3n) is 5.42. The Morgan fingerprint density at radius 3 is 2.39 bits per heavy atom. The Morgan fingerprint density at radius 2 is 1.82 bits per heavy atom. The number of methoxy groups -OCH3 is 1. The molecule has 0 spiro atoms. The number of nitrogens with one attached hydrogen (secondary N) is 1. The minimum atomic E-state index is -4.07. The Balaban J connectivity index is 1.93. The lowest BCUT2D eigenvalue weighted by atomic mass is 9.93. The van der Waals surface area contributed by atoms with Gasteiger partial charge in [-0.2, -0.15) is 4.31 Å². The number of hydroxylamine groups is 1. The van der Waals surface area contributed by atoms with Gasteiger partial charge < -0.3 is 9.64 Å². The SMILES string of the molecule is COc1ccc(S(=O)(=O)N2CN(C3CCCCC3)C(=O)C[C@@H]2C(=O)NO)cc1. The molecule has 2 aliphatic rings. The molecule has 0 radical (unpaired) electrons. The molecule has 1 saturated heterocycles. The third-order valence-corrected chi connectivity index (χ3v) is 7.28. The molecule has 1 saturated carbocycles. The molecular weight excluding hydrogens is 386 g/mol. The van der Waals surface area contributed by atoms with Gasteiger partial charge in [0.15, 0.2) is 0 Å². The number of carbonyl (C=O) groups excluding carboxylic acids is 2. The second-order valence-corrected chi connectivity index (χ2v) is 8.95. The van der Waals surface area contributed by atoms with E-state index in [9.17, 15) is 18.0 Å². The monoisotopic (exact) mass is 411 g/mol. The van der Waals surface area contributed by atoms with Crippen molar-refractivity contribution in [1.29, 1.82) is 0 Å². The molecule has 154 valence electrons. The van der Waals surface area contributed by atoms with Gasteiger partial charge in [-0.1, -0.05) is 19.3 Å². The lowest BCUT2D eigenvalue weighted by Gasteiger charge is -2.43. The van der Waals surface area contributed by atoms with Crippen LogP contribution >= 0.6 is 0 Å². The van der Waals surface area contributed by atoms with Gasteiger partial charge in [0.1, 0.15) is 11.8 Å². The van der Waals surface area contributed by atoms with Gasteiger partial charge in [0, 0.05) is 6.04 Å². The molecule has 9 nitrogen and oxygen atoms in total. The van der Waals surface area contributed by atoms with Crippen molar-refractivity contribution in [2.45, 2.75) is 55.5 Å². The summed E-state index contributed by atoms with van der Waals surface area (Å²) >= 11 is 0. The van der Waals surface area contributed by atoms with Crippen molar-refractivity contribution in [1.82, 2.24) is 14.7 Å². The van der Waals surface area contributed by atoms with E-state index in [2.05, 4.69) is 0 Å². The highest BCUT2D eigenvalue weighted by atomic mass is 32.2. The predicted molar refractivity (Wildman–Crippen MR) is 98.9 cm³/mol. The summed E-state index contributed by atoms with van der Waals surface area (Å²) in [6.07, 6.45) is 4.40. The molecule has 10 heteroatoms. The normalized spacial score (nSPS) is 22.1. The van der Waals surface area contributed by atoms with Gasteiger partial charge in [0.2, 0.25) is 15.9 Å². The minimum Gasteiger partial charge on any atom is -0.497 e. The van der Waals surface area contributed by atoms with E-state index in [-0.39, 0.29) is 29.9 Å². The maximum Gasteiger partial charge on any atom is 0.262 e. The van der Waals surface area contributed by atoms with E-state index >= 15 is 0 Å². The molecule has 0 bridgehead atoms. The quantitative estimate of drug-likeness (QED) is 0.553. The summed E-state index contributed by atoms with van der Waals surface area (Å²) in [6.45, 7) is -0.212. The molecule has 3 rings (SSSR count). The molecule has 2 amide bonds. The predicted octanol–water partition coefficient (Wildman–Crippen LogP) is 1.08. The Bertz CT molecular complexity index is 820. The van der Waals surface area contributed by atoms with E-state index in [0.29, 0.717) is 5.75 Å². The Hall–Kier alpha value is -2.17. The van der Waals surface area contributed by atoms with E-state index in [1.54, 1.807) is 4.90 Å². The molecule has 2 fully saturated rings. The van der Waals surface area contributed by atoms with Crippen LogP contribution in [0.4, 0.5) is 0 Å². The fraction of sp³-hybridized carbons (Fsp3) is 0.556. The van der Waals surface area contributed by atoms with E-state index in [4.69, 9.17) is 9.94 Å². The molecule has 0 aromatic heterocycles. The van der Waals surface area contributed by atoms with Crippen molar-refractivity contribution in [3.63, 3.8) is 0 Å². The zero-order valence-corrected chi connectivity index (χ0v) is 16.5. The Kier molecular flexibility index (Phi) is 6.21. The first kappa shape index (κ1) is 20.6. The first-order valence-corrected chi connectivity index (χ1v) is 10.7. The van der Waals surface area contributed by atoms with Gasteiger partial charge in [0.05, 0.1) is 25.1 Å². The van der Waals surface area contributed by atoms with Crippen molar-refractivity contribution in [3.05, 3.63) is 24.3 Å². The zero-order chi connectivity index (χ0) is 20.3. The van der Waals surface area contributed by atoms with Crippen LogP contribution < -0.4 is 10.2 Å². The summed E-state index contributed by atoms with van der Waals surface area (Å²) in [6, 6.07) is 4.48. The van der Waals surface area contributed by atoms with Gasteiger partial charge in [-0.05, 0) is 37.1 Å². The number of sulfonamides is 1. The Labute approximate surface area is 164 Å². The van der Waals surface area contributed by atoms with E-state index in [0.717, 1.165) is 36.4 Å². The number of rotatable bonds is 5. The summed E-state index contributed by atoms with van der Waals surface area (Å²) in [5.74, 6) is -0.698. The number of benzene rings is 1. The average molecular weight is 411 g/mol. The molecule has 1 heterocycles. The van der Waals surface area contributed by atoms with Crippen LogP contribution in [0, 0.1) is 0 Å². The molecule has 1 aliphatic heterocycles. The molecule has 0 unspecified atom stereocenters. The van der Waals surface area contributed by atoms with E-state index in [1.165, 1.54) is 36.9 Å². The highest BCUT2D eigenvalue weighted by Crippen LogP contribution is 2.30. The highest BCUT2D eigenvalue weighted by Gasteiger charge is 2.45. The first-order valence-electron chi connectivity index (χ1n) is 9.28. The summed E-state index contributed by atoms with van der Waals surface area (Å²) in [4.78, 5) is 26.3. The smallest absolute Gasteiger partial charge is 0.262 e. The summed E-state index contributed by atoms with van der Waals surface area (Å²) in [5, 5.41) is 9.05. The molecule has 1 aromatic rings. The number of nitrogens with zero attached hydrogens (tertiary/aromatic N) is 2. The van der Waals surface area contributed by atoms with Crippen LogP contribution in [0.25, 0.3) is 0 Å². The van der Waals surface area contributed by atoms with Crippen LogP contribution in [0.2, 0.25) is 0 Å². The largest absolute Gasteiger partial charge is 0.497 e. The molecule has 28 heavy (non-hydrogen) atoms. The Morgan fingerprint density at radius 1 is 1.18 bits per heavy atom. The molecule has 1 aliphatic carbocycles. The van der Waals surface area contributed by atoms with Crippen molar-refractivity contribution >= 4 is 21.8 Å². The maximum atomic E-state index is 13.2. The van der Waals surface area contributed by atoms with Crippen LogP contribution in [0.15, 0.2) is 29.2 Å². The van der Waals surface area contributed by atoms with Crippen LogP contribution in [0.5, 0.6) is 5.75 Å². The topological polar surface area (TPSA) is 116 Å². The van der Waals surface area contributed by atoms with Crippen LogP contribution in [-0.4, -0.2) is 60.5 Å².